The van der Waals surface area contributed by atoms with Crippen molar-refractivity contribution in [3.63, 3.8) is 0 Å². The zero-order valence-electron chi connectivity index (χ0n) is 9.81. The standard InChI is InChI=1S/C12H22N2O/c1-10(9-13-2)12(15)14-8-7-11-5-3-4-6-11/h5,10,13H,3-4,6-9H2,1-2H3,(H,14,15). The summed E-state index contributed by atoms with van der Waals surface area (Å²) in [5, 5.41) is 5.98. The average Bonchev–Trinajstić information content (AvgIpc) is 2.71. The van der Waals surface area contributed by atoms with E-state index < -0.39 is 0 Å². The quantitative estimate of drug-likeness (QED) is 0.652. The topological polar surface area (TPSA) is 41.1 Å². The zero-order chi connectivity index (χ0) is 11.1. The van der Waals surface area contributed by atoms with E-state index in [0.29, 0.717) is 0 Å². The molecule has 0 radical (unpaired) electrons. The van der Waals surface area contributed by atoms with Crippen LogP contribution in [0.2, 0.25) is 0 Å². The van der Waals surface area contributed by atoms with Crippen LogP contribution in [0.5, 0.6) is 0 Å². The van der Waals surface area contributed by atoms with Gasteiger partial charge in [-0.15, -0.1) is 0 Å². The van der Waals surface area contributed by atoms with E-state index in [-0.39, 0.29) is 11.8 Å². The SMILES string of the molecule is CNCC(C)C(=O)NCCC1=CCCC1. The molecule has 2 N–H and O–H groups in total. The van der Waals surface area contributed by atoms with Crippen molar-refractivity contribution in [3.05, 3.63) is 11.6 Å². The molecule has 3 nitrogen and oxygen atoms in total. The van der Waals surface area contributed by atoms with Crippen LogP contribution in [-0.4, -0.2) is 26.0 Å². The van der Waals surface area contributed by atoms with Gasteiger partial charge in [-0.3, -0.25) is 4.79 Å². The summed E-state index contributed by atoms with van der Waals surface area (Å²) < 4.78 is 0. The van der Waals surface area contributed by atoms with Crippen LogP contribution in [0.1, 0.15) is 32.6 Å². The van der Waals surface area contributed by atoms with Crippen molar-refractivity contribution < 1.29 is 4.79 Å². The van der Waals surface area contributed by atoms with Crippen molar-refractivity contribution in [2.45, 2.75) is 32.6 Å². The number of nitrogens with one attached hydrogen (secondary N) is 2. The lowest BCUT2D eigenvalue weighted by molar-refractivity contribution is -0.124. The molecule has 1 aliphatic carbocycles. The lowest BCUT2D eigenvalue weighted by Gasteiger charge is -2.11. The molecular weight excluding hydrogens is 188 g/mol. The van der Waals surface area contributed by atoms with Crippen LogP contribution in [-0.2, 0) is 4.79 Å². The monoisotopic (exact) mass is 210 g/mol. The highest BCUT2D eigenvalue weighted by atomic mass is 16.1. The van der Waals surface area contributed by atoms with Crippen LogP contribution in [0.15, 0.2) is 11.6 Å². The van der Waals surface area contributed by atoms with E-state index >= 15 is 0 Å². The van der Waals surface area contributed by atoms with Gasteiger partial charge in [-0.1, -0.05) is 18.6 Å². The Morgan fingerprint density at radius 1 is 1.60 bits per heavy atom. The minimum atomic E-state index is 0.0626. The molecule has 0 spiro atoms. The van der Waals surface area contributed by atoms with E-state index in [9.17, 15) is 4.79 Å². The molecule has 1 amide bonds. The van der Waals surface area contributed by atoms with E-state index in [1.165, 1.54) is 24.8 Å². The van der Waals surface area contributed by atoms with Crippen molar-refractivity contribution in [1.82, 2.24) is 10.6 Å². The third-order valence-corrected chi connectivity index (χ3v) is 2.84. The Hall–Kier alpha value is -0.830. The van der Waals surface area contributed by atoms with Gasteiger partial charge in [0.15, 0.2) is 0 Å². The molecule has 1 rings (SSSR count). The first kappa shape index (κ1) is 12.2. The predicted molar refractivity (Wildman–Crippen MR) is 62.7 cm³/mol. The Kier molecular flexibility index (Phi) is 5.40. The Labute approximate surface area is 92.3 Å². The van der Waals surface area contributed by atoms with Gasteiger partial charge < -0.3 is 10.6 Å². The minimum absolute atomic E-state index is 0.0626. The van der Waals surface area contributed by atoms with Crippen molar-refractivity contribution in [2.24, 2.45) is 5.92 Å². The van der Waals surface area contributed by atoms with E-state index in [0.717, 1.165) is 19.5 Å². The Morgan fingerprint density at radius 3 is 3.00 bits per heavy atom. The van der Waals surface area contributed by atoms with Crippen LogP contribution >= 0.6 is 0 Å². The summed E-state index contributed by atoms with van der Waals surface area (Å²) >= 11 is 0. The number of allylic oxidation sites excluding steroid dienone is 1. The van der Waals surface area contributed by atoms with Gasteiger partial charge in [-0.2, -0.15) is 0 Å². The predicted octanol–water partition coefficient (Wildman–Crippen LogP) is 1.46. The van der Waals surface area contributed by atoms with E-state index in [2.05, 4.69) is 16.7 Å². The molecule has 0 fully saturated rings. The molecule has 0 aromatic carbocycles. The maximum absolute atomic E-state index is 11.5. The van der Waals surface area contributed by atoms with Gasteiger partial charge in [0.05, 0.1) is 0 Å². The van der Waals surface area contributed by atoms with Gasteiger partial charge >= 0.3 is 0 Å². The highest BCUT2D eigenvalue weighted by Gasteiger charge is 2.11. The molecule has 15 heavy (non-hydrogen) atoms. The molecule has 0 saturated heterocycles. The Bertz CT molecular complexity index is 236. The van der Waals surface area contributed by atoms with Gasteiger partial charge in [-0.25, -0.2) is 0 Å². The van der Waals surface area contributed by atoms with Crippen LogP contribution in [0.4, 0.5) is 0 Å². The minimum Gasteiger partial charge on any atom is -0.356 e. The molecule has 0 bridgehead atoms. The highest BCUT2D eigenvalue weighted by Crippen LogP contribution is 2.19. The third kappa shape index (κ3) is 4.47. The van der Waals surface area contributed by atoms with Crippen LogP contribution in [0.25, 0.3) is 0 Å². The van der Waals surface area contributed by atoms with E-state index in [4.69, 9.17) is 0 Å². The van der Waals surface area contributed by atoms with Gasteiger partial charge in [0.25, 0.3) is 0 Å². The maximum Gasteiger partial charge on any atom is 0.224 e. The van der Waals surface area contributed by atoms with Crippen molar-refractivity contribution in [3.8, 4) is 0 Å². The van der Waals surface area contributed by atoms with Gasteiger partial charge in [0.2, 0.25) is 5.91 Å². The fourth-order valence-electron chi connectivity index (χ4n) is 1.88. The summed E-state index contributed by atoms with van der Waals surface area (Å²) in [5.41, 5.74) is 1.51. The molecule has 1 unspecified atom stereocenters. The van der Waals surface area contributed by atoms with Crippen LogP contribution in [0.3, 0.4) is 0 Å². The molecule has 0 aliphatic heterocycles. The highest BCUT2D eigenvalue weighted by molar-refractivity contribution is 5.78. The van der Waals surface area contributed by atoms with E-state index in [1.807, 2.05) is 14.0 Å². The molecule has 0 saturated carbocycles. The van der Waals surface area contributed by atoms with Gasteiger partial charge in [0, 0.05) is 19.0 Å². The van der Waals surface area contributed by atoms with Crippen molar-refractivity contribution >= 4 is 5.91 Å². The first-order valence-corrected chi connectivity index (χ1v) is 5.84. The normalized spacial score (nSPS) is 17.3. The molecule has 1 atom stereocenters. The molecule has 0 aromatic rings. The number of hydrogen-bond acceptors (Lipinski definition) is 2. The summed E-state index contributed by atoms with van der Waals surface area (Å²) in [4.78, 5) is 11.5. The second-order valence-electron chi connectivity index (χ2n) is 4.25. The Balaban J connectivity index is 2.11. The molecule has 86 valence electrons. The summed E-state index contributed by atoms with van der Waals surface area (Å²) in [7, 11) is 1.87. The number of amides is 1. The summed E-state index contributed by atoms with van der Waals surface area (Å²) in [6, 6.07) is 0. The number of carbonyl (C=O) groups is 1. The lowest BCUT2D eigenvalue weighted by Crippen LogP contribution is -2.34. The second kappa shape index (κ2) is 6.62. The van der Waals surface area contributed by atoms with Gasteiger partial charge in [-0.05, 0) is 32.7 Å². The smallest absolute Gasteiger partial charge is 0.224 e. The molecule has 3 heteroatoms. The summed E-state index contributed by atoms with van der Waals surface area (Å²) in [5.74, 6) is 0.218. The van der Waals surface area contributed by atoms with Gasteiger partial charge in [0.1, 0.15) is 0 Å². The van der Waals surface area contributed by atoms with Crippen molar-refractivity contribution in [1.29, 1.82) is 0 Å². The van der Waals surface area contributed by atoms with Crippen LogP contribution in [0, 0.1) is 5.92 Å². The number of rotatable bonds is 6. The largest absolute Gasteiger partial charge is 0.356 e. The number of carbonyl (C=O) groups excluding carboxylic acids is 1. The molecular formula is C12H22N2O. The third-order valence-electron chi connectivity index (χ3n) is 2.84. The summed E-state index contributed by atoms with van der Waals surface area (Å²) in [6.45, 7) is 3.48. The van der Waals surface area contributed by atoms with Crippen LogP contribution < -0.4 is 10.6 Å². The summed E-state index contributed by atoms with van der Waals surface area (Å²) in [6.07, 6.45) is 7.07. The zero-order valence-corrected chi connectivity index (χ0v) is 9.81. The Morgan fingerprint density at radius 2 is 2.40 bits per heavy atom. The fraction of sp³-hybridized carbons (Fsp3) is 0.750. The molecule has 1 aliphatic rings. The second-order valence-corrected chi connectivity index (χ2v) is 4.25. The number of hydrogen-bond donors (Lipinski definition) is 2. The first-order chi connectivity index (χ1) is 7.24. The first-order valence-electron chi connectivity index (χ1n) is 5.84. The van der Waals surface area contributed by atoms with E-state index in [1.54, 1.807) is 0 Å². The average molecular weight is 210 g/mol. The maximum atomic E-state index is 11.5. The molecule has 0 heterocycles. The fourth-order valence-corrected chi connectivity index (χ4v) is 1.88. The molecule has 0 aromatic heterocycles. The lowest BCUT2D eigenvalue weighted by atomic mass is 10.1. The van der Waals surface area contributed by atoms with Crippen molar-refractivity contribution in [2.75, 3.05) is 20.1 Å².